The number of hydrogen-bond donors (Lipinski definition) is 0. The van der Waals surface area contributed by atoms with E-state index in [4.69, 9.17) is 4.74 Å². The van der Waals surface area contributed by atoms with Crippen LogP contribution in [0, 0.1) is 6.92 Å². The molecule has 0 spiro atoms. The molecule has 0 unspecified atom stereocenters. The van der Waals surface area contributed by atoms with Crippen LogP contribution >= 0.6 is 23.1 Å². The lowest BCUT2D eigenvalue weighted by Crippen LogP contribution is -2.23. The molecule has 1 saturated heterocycles. The summed E-state index contributed by atoms with van der Waals surface area (Å²) in [7, 11) is 1.70. The Morgan fingerprint density at radius 2 is 2.16 bits per heavy atom. The lowest BCUT2D eigenvalue weighted by Gasteiger charge is -2.07. The first kappa shape index (κ1) is 17.4. The van der Waals surface area contributed by atoms with E-state index in [-0.39, 0.29) is 5.91 Å². The Balaban J connectivity index is 1.88. The first-order chi connectivity index (χ1) is 12.1. The van der Waals surface area contributed by atoms with Gasteiger partial charge in [-0.05, 0) is 30.8 Å². The van der Waals surface area contributed by atoms with Gasteiger partial charge in [-0.2, -0.15) is 4.99 Å². The number of rotatable bonds is 5. The molecule has 0 N–H and O–H groups in total. The van der Waals surface area contributed by atoms with Crippen molar-refractivity contribution in [1.29, 1.82) is 0 Å². The summed E-state index contributed by atoms with van der Waals surface area (Å²) < 4.78 is 5.64. The fourth-order valence-corrected chi connectivity index (χ4v) is 3.66. The van der Waals surface area contributed by atoms with Crippen LogP contribution < -0.4 is 4.74 Å². The molecule has 128 valence electrons. The number of aromatic nitrogens is 2. The maximum Gasteiger partial charge on any atom is 0.266 e. The summed E-state index contributed by atoms with van der Waals surface area (Å²) >= 11 is 2.69. The molecular weight excluding hydrogens is 356 g/mol. The van der Waals surface area contributed by atoms with Crippen molar-refractivity contribution < 1.29 is 9.53 Å². The summed E-state index contributed by atoms with van der Waals surface area (Å²) in [6, 6.07) is 7.56. The minimum absolute atomic E-state index is 0.108. The number of ether oxygens (including phenoxy) is 1. The number of aryl methyl sites for hydroxylation is 1. The van der Waals surface area contributed by atoms with Gasteiger partial charge in [0.15, 0.2) is 5.17 Å². The Kier molecular flexibility index (Phi) is 5.30. The number of benzene rings is 1. The van der Waals surface area contributed by atoms with Crippen LogP contribution in [0.1, 0.15) is 10.6 Å². The second-order valence-corrected chi connectivity index (χ2v) is 7.28. The number of amidine groups is 1. The normalized spacial score (nSPS) is 17.5. The number of amides is 1. The largest absolute Gasteiger partial charge is 0.489 e. The Bertz CT molecular complexity index is 873. The molecule has 2 heterocycles. The molecule has 1 amide bonds. The fourth-order valence-electron chi connectivity index (χ4n) is 2.09. The number of carbonyl (C=O) groups is 1. The van der Waals surface area contributed by atoms with Gasteiger partial charge in [-0.25, -0.2) is 0 Å². The highest BCUT2D eigenvalue weighted by Gasteiger charge is 2.31. The molecule has 1 aliphatic heterocycles. The Morgan fingerprint density at radius 1 is 1.36 bits per heavy atom. The van der Waals surface area contributed by atoms with Crippen LogP contribution in [-0.2, 0) is 4.79 Å². The molecule has 1 fully saturated rings. The number of para-hydroxylation sites is 1. The van der Waals surface area contributed by atoms with Crippen molar-refractivity contribution in [2.24, 2.45) is 4.99 Å². The summed E-state index contributed by atoms with van der Waals surface area (Å²) in [6.45, 7) is 5.92. The van der Waals surface area contributed by atoms with E-state index in [0.29, 0.717) is 27.6 Å². The summed E-state index contributed by atoms with van der Waals surface area (Å²) in [4.78, 5) is 19.0. The molecule has 1 aliphatic rings. The third-order valence-electron chi connectivity index (χ3n) is 3.27. The number of likely N-dealkylation sites (N-methyl/N-ethyl adjacent to an activating group) is 1. The zero-order valence-electron chi connectivity index (χ0n) is 13.8. The lowest BCUT2D eigenvalue weighted by molar-refractivity contribution is -0.121. The van der Waals surface area contributed by atoms with E-state index >= 15 is 0 Å². The van der Waals surface area contributed by atoms with Crippen LogP contribution in [0.3, 0.4) is 0 Å². The summed E-state index contributed by atoms with van der Waals surface area (Å²) in [5.74, 6) is 0.597. The number of carbonyl (C=O) groups excluding carboxylic acids is 1. The smallest absolute Gasteiger partial charge is 0.266 e. The molecule has 25 heavy (non-hydrogen) atoms. The van der Waals surface area contributed by atoms with Crippen molar-refractivity contribution in [1.82, 2.24) is 15.1 Å². The van der Waals surface area contributed by atoms with E-state index in [1.807, 2.05) is 37.3 Å². The maximum absolute atomic E-state index is 12.5. The van der Waals surface area contributed by atoms with Crippen molar-refractivity contribution in [2.45, 2.75) is 6.92 Å². The fraction of sp³-hybridized carbons (Fsp3) is 0.176. The zero-order valence-corrected chi connectivity index (χ0v) is 15.4. The molecule has 0 saturated carbocycles. The van der Waals surface area contributed by atoms with Gasteiger partial charge in [0.1, 0.15) is 17.4 Å². The molecule has 0 atom stereocenters. The molecule has 6 nitrogen and oxygen atoms in total. The van der Waals surface area contributed by atoms with Crippen LogP contribution in [0.15, 0.2) is 46.8 Å². The van der Waals surface area contributed by atoms with Gasteiger partial charge in [0.25, 0.3) is 5.91 Å². The van der Waals surface area contributed by atoms with Gasteiger partial charge in [-0.1, -0.05) is 42.2 Å². The van der Waals surface area contributed by atoms with Crippen LogP contribution in [0.2, 0.25) is 0 Å². The average Bonchev–Trinajstić information content (AvgIpc) is 3.13. The first-order valence-corrected chi connectivity index (χ1v) is 9.11. The van der Waals surface area contributed by atoms with Crippen molar-refractivity contribution >= 4 is 45.4 Å². The lowest BCUT2D eigenvalue weighted by atomic mass is 10.2. The minimum atomic E-state index is -0.108. The molecule has 0 bridgehead atoms. The van der Waals surface area contributed by atoms with Gasteiger partial charge in [0.05, 0.1) is 4.91 Å². The van der Waals surface area contributed by atoms with E-state index in [2.05, 4.69) is 21.8 Å². The van der Waals surface area contributed by atoms with E-state index in [1.165, 1.54) is 28.0 Å². The van der Waals surface area contributed by atoms with E-state index in [9.17, 15) is 4.79 Å². The van der Waals surface area contributed by atoms with Gasteiger partial charge in [-0.15, -0.1) is 10.2 Å². The number of nitrogens with zero attached hydrogens (tertiary/aromatic N) is 4. The van der Waals surface area contributed by atoms with Crippen molar-refractivity contribution in [3.8, 4) is 5.75 Å². The quantitative estimate of drug-likeness (QED) is 0.592. The number of thioether (sulfide) groups is 1. The van der Waals surface area contributed by atoms with Crippen LogP contribution in [-0.4, -0.2) is 39.8 Å². The standard InChI is InChI=1S/C17H16N4O2S2/c1-4-9-23-13-8-6-5-7-12(13)10-14-15(22)21(3)17(25-14)18-16-20-19-11(2)24-16/h4-8,10H,1,9H2,2-3H3/b14-10-,18-17+. The molecule has 1 aromatic heterocycles. The highest BCUT2D eigenvalue weighted by molar-refractivity contribution is 8.18. The number of hydrogen-bond acceptors (Lipinski definition) is 7. The van der Waals surface area contributed by atoms with Gasteiger partial charge in [0.2, 0.25) is 5.13 Å². The summed E-state index contributed by atoms with van der Waals surface area (Å²) in [5, 5.41) is 9.87. The third kappa shape index (κ3) is 3.97. The second kappa shape index (κ2) is 7.62. The average molecular weight is 372 g/mol. The van der Waals surface area contributed by atoms with Gasteiger partial charge in [-0.3, -0.25) is 9.69 Å². The second-order valence-electron chi connectivity index (χ2n) is 5.11. The first-order valence-electron chi connectivity index (χ1n) is 7.47. The molecule has 2 aromatic rings. The van der Waals surface area contributed by atoms with Crippen molar-refractivity contribution in [3.63, 3.8) is 0 Å². The van der Waals surface area contributed by atoms with E-state index in [1.54, 1.807) is 13.1 Å². The SMILES string of the molecule is C=CCOc1ccccc1/C=C1\S/C(=N/c2nnc(C)s2)N(C)C1=O. The minimum Gasteiger partial charge on any atom is -0.489 e. The van der Waals surface area contributed by atoms with Crippen molar-refractivity contribution in [3.05, 3.63) is 52.4 Å². The Morgan fingerprint density at radius 3 is 2.88 bits per heavy atom. The van der Waals surface area contributed by atoms with Crippen LogP contribution in [0.25, 0.3) is 6.08 Å². The highest BCUT2D eigenvalue weighted by atomic mass is 32.2. The summed E-state index contributed by atoms with van der Waals surface area (Å²) in [6.07, 6.45) is 3.50. The van der Waals surface area contributed by atoms with Crippen LogP contribution in [0.5, 0.6) is 5.75 Å². The van der Waals surface area contributed by atoms with Gasteiger partial charge < -0.3 is 4.74 Å². The van der Waals surface area contributed by atoms with Crippen LogP contribution in [0.4, 0.5) is 5.13 Å². The zero-order chi connectivity index (χ0) is 17.8. The maximum atomic E-state index is 12.5. The van der Waals surface area contributed by atoms with Gasteiger partial charge >= 0.3 is 0 Å². The molecule has 1 aromatic carbocycles. The molecule has 0 aliphatic carbocycles. The third-order valence-corrected chi connectivity index (χ3v) is 5.07. The highest BCUT2D eigenvalue weighted by Crippen LogP contribution is 2.35. The predicted molar refractivity (Wildman–Crippen MR) is 102 cm³/mol. The Labute approximate surface area is 153 Å². The molecule has 8 heteroatoms. The molecular formula is C17H16N4O2S2. The monoisotopic (exact) mass is 372 g/mol. The van der Waals surface area contributed by atoms with Gasteiger partial charge in [0, 0.05) is 12.6 Å². The van der Waals surface area contributed by atoms with E-state index < -0.39 is 0 Å². The number of aliphatic imine (C=N–C) groups is 1. The topological polar surface area (TPSA) is 67.7 Å². The van der Waals surface area contributed by atoms with Crippen molar-refractivity contribution in [2.75, 3.05) is 13.7 Å². The van der Waals surface area contributed by atoms with E-state index in [0.717, 1.165) is 10.6 Å². The summed E-state index contributed by atoms with van der Waals surface area (Å²) in [5.41, 5.74) is 0.835. The molecule has 0 radical (unpaired) electrons. The Hall–Kier alpha value is -2.45. The molecule has 3 rings (SSSR count). The predicted octanol–water partition coefficient (Wildman–Crippen LogP) is 3.65.